The van der Waals surface area contributed by atoms with Gasteiger partial charge in [0.05, 0.1) is 19.1 Å². The first-order valence-electron chi connectivity index (χ1n) is 5.53. The average molecular weight is 219 g/mol. The Bertz CT molecular complexity index is 357. The number of rotatable bonds is 6. The molecule has 0 amide bonds. The van der Waals surface area contributed by atoms with E-state index in [-0.39, 0.29) is 6.10 Å². The summed E-state index contributed by atoms with van der Waals surface area (Å²) in [4.78, 5) is 0. The van der Waals surface area contributed by atoms with Crippen molar-refractivity contribution in [1.82, 2.24) is 0 Å². The Morgan fingerprint density at radius 3 is 2.62 bits per heavy atom. The highest BCUT2D eigenvalue weighted by atomic mass is 16.5. The second-order valence-corrected chi connectivity index (χ2v) is 3.59. The van der Waals surface area contributed by atoms with Crippen LogP contribution in [-0.4, -0.2) is 12.7 Å². The molecular formula is C13H17NO2. The summed E-state index contributed by atoms with van der Waals surface area (Å²) in [6, 6.07) is 9.63. The van der Waals surface area contributed by atoms with Crippen LogP contribution in [0.2, 0.25) is 0 Å². The minimum Gasteiger partial charge on any atom is -0.490 e. The van der Waals surface area contributed by atoms with Crippen molar-refractivity contribution in [1.29, 1.82) is 5.26 Å². The minimum atomic E-state index is -0.114. The molecule has 0 N–H and O–H groups in total. The summed E-state index contributed by atoms with van der Waals surface area (Å²) in [5.74, 6) is 1.45. The Balaban J connectivity index is 2.67. The van der Waals surface area contributed by atoms with Gasteiger partial charge in [0.15, 0.2) is 11.5 Å². The lowest BCUT2D eigenvalue weighted by atomic mass is 10.3. The summed E-state index contributed by atoms with van der Waals surface area (Å²) in [6.45, 7) is 4.61. The van der Waals surface area contributed by atoms with E-state index < -0.39 is 0 Å². The van der Waals surface area contributed by atoms with Crippen molar-refractivity contribution >= 4 is 0 Å². The molecule has 86 valence electrons. The first-order valence-corrected chi connectivity index (χ1v) is 5.53. The molecule has 0 aromatic heterocycles. The van der Waals surface area contributed by atoms with Gasteiger partial charge in [0.25, 0.3) is 0 Å². The maximum atomic E-state index is 8.56. The Morgan fingerprint density at radius 2 is 2.00 bits per heavy atom. The van der Waals surface area contributed by atoms with Crippen LogP contribution in [0.4, 0.5) is 0 Å². The molecule has 0 aliphatic carbocycles. The van der Waals surface area contributed by atoms with Crippen molar-refractivity contribution in [2.45, 2.75) is 32.8 Å². The zero-order valence-electron chi connectivity index (χ0n) is 9.77. The van der Waals surface area contributed by atoms with E-state index in [1.54, 1.807) is 0 Å². The Morgan fingerprint density at radius 1 is 1.31 bits per heavy atom. The molecule has 1 rings (SSSR count). The molecule has 1 unspecified atom stereocenters. The average Bonchev–Trinajstić information content (AvgIpc) is 2.28. The molecular weight excluding hydrogens is 202 g/mol. The lowest BCUT2D eigenvalue weighted by Crippen LogP contribution is -2.11. The molecule has 0 radical (unpaired) electrons. The highest BCUT2D eigenvalue weighted by Crippen LogP contribution is 2.27. The molecule has 1 aromatic rings. The minimum absolute atomic E-state index is 0.114. The second-order valence-electron chi connectivity index (χ2n) is 3.59. The molecule has 0 aliphatic rings. The van der Waals surface area contributed by atoms with Crippen molar-refractivity contribution in [2.75, 3.05) is 6.61 Å². The van der Waals surface area contributed by atoms with Gasteiger partial charge in [0, 0.05) is 0 Å². The van der Waals surface area contributed by atoms with Gasteiger partial charge in [-0.1, -0.05) is 19.1 Å². The number of hydrogen-bond donors (Lipinski definition) is 0. The van der Waals surface area contributed by atoms with Gasteiger partial charge in [0.2, 0.25) is 0 Å². The lowest BCUT2D eigenvalue weighted by molar-refractivity contribution is 0.209. The van der Waals surface area contributed by atoms with Gasteiger partial charge in [-0.25, -0.2) is 0 Å². The molecule has 0 fully saturated rings. The fraction of sp³-hybridized carbons (Fsp3) is 0.462. The summed E-state index contributed by atoms with van der Waals surface area (Å²) in [5.41, 5.74) is 0. The highest BCUT2D eigenvalue weighted by Gasteiger charge is 2.08. The molecule has 0 aliphatic heterocycles. The summed E-state index contributed by atoms with van der Waals surface area (Å²) < 4.78 is 11.2. The number of hydrogen-bond acceptors (Lipinski definition) is 3. The van der Waals surface area contributed by atoms with Crippen molar-refractivity contribution < 1.29 is 9.47 Å². The summed E-state index contributed by atoms with van der Waals surface area (Å²) in [7, 11) is 0. The van der Waals surface area contributed by atoms with Gasteiger partial charge in [-0.15, -0.1) is 0 Å². The monoisotopic (exact) mass is 219 g/mol. The SMILES string of the molecule is CCCOc1ccccc1OC(C)CC#N. The Kier molecular flexibility index (Phi) is 5.21. The van der Waals surface area contributed by atoms with E-state index in [2.05, 4.69) is 13.0 Å². The van der Waals surface area contributed by atoms with Crippen molar-refractivity contribution in [2.24, 2.45) is 0 Å². The maximum absolute atomic E-state index is 8.56. The third-order valence-corrected chi connectivity index (χ3v) is 2.02. The predicted molar refractivity (Wildman–Crippen MR) is 62.5 cm³/mol. The molecule has 0 saturated carbocycles. The van der Waals surface area contributed by atoms with E-state index in [0.29, 0.717) is 18.8 Å². The molecule has 3 heteroatoms. The van der Waals surface area contributed by atoms with E-state index >= 15 is 0 Å². The van der Waals surface area contributed by atoms with Crippen LogP contribution in [0.3, 0.4) is 0 Å². The normalized spacial score (nSPS) is 11.6. The molecule has 0 spiro atoms. The molecule has 3 nitrogen and oxygen atoms in total. The second kappa shape index (κ2) is 6.73. The number of nitrogens with zero attached hydrogens (tertiary/aromatic N) is 1. The van der Waals surface area contributed by atoms with Crippen LogP contribution in [-0.2, 0) is 0 Å². The fourth-order valence-electron chi connectivity index (χ4n) is 1.27. The van der Waals surface area contributed by atoms with Crippen LogP contribution in [0.1, 0.15) is 26.7 Å². The van der Waals surface area contributed by atoms with Crippen molar-refractivity contribution in [3.05, 3.63) is 24.3 Å². The fourth-order valence-corrected chi connectivity index (χ4v) is 1.27. The summed E-state index contributed by atoms with van der Waals surface area (Å²) >= 11 is 0. The number of benzene rings is 1. The topological polar surface area (TPSA) is 42.2 Å². The van der Waals surface area contributed by atoms with Crippen LogP contribution in [0.15, 0.2) is 24.3 Å². The zero-order valence-corrected chi connectivity index (χ0v) is 9.77. The van der Waals surface area contributed by atoms with E-state index in [1.807, 2.05) is 31.2 Å². The summed E-state index contributed by atoms with van der Waals surface area (Å²) in [5, 5.41) is 8.56. The Labute approximate surface area is 96.6 Å². The number of ether oxygens (including phenoxy) is 2. The van der Waals surface area contributed by atoms with E-state index in [1.165, 1.54) is 0 Å². The molecule has 16 heavy (non-hydrogen) atoms. The molecule has 1 atom stereocenters. The van der Waals surface area contributed by atoms with Gasteiger partial charge in [-0.2, -0.15) is 5.26 Å². The maximum Gasteiger partial charge on any atom is 0.161 e. The van der Waals surface area contributed by atoms with Gasteiger partial charge in [-0.3, -0.25) is 0 Å². The van der Waals surface area contributed by atoms with Gasteiger partial charge in [-0.05, 0) is 25.5 Å². The third-order valence-electron chi connectivity index (χ3n) is 2.02. The van der Waals surface area contributed by atoms with Crippen LogP contribution in [0.5, 0.6) is 11.5 Å². The summed E-state index contributed by atoms with van der Waals surface area (Å²) in [6.07, 6.45) is 1.22. The Hall–Kier alpha value is -1.69. The zero-order chi connectivity index (χ0) is 11.8. The van der Waals surface area contributed by atoms with Crippen LogP contribution < -0.4 is 9.47 Å². The van der Waals surface area contributed by atoms with Crippen LogP contribution in [0.25, 0.3) is 0 Å². The lowest BCUT2D eigenvalue weighted by Gasteiger charge is -2.15. The predicted octanol–water partition coefficient (Wildman–Crippen LogP) is 3.16. The molecule has 0 heterocycles. The quantitative estimate of drug-likeness (QED) is 0.738. The number of nitriles is 1. The van der Waals surface area contributed by atoms with Crippen LogP contribution >= 0.6 is 0 Å². The molecule has 1 aromatic carbocycles. The molecule has 0 saturated heterocycles. The molecule has 0 bridgehead atoms. The van der Waals surface area contributed by atoms with Gasteiger partial charge >= 0.3 is 0 Å². The van der Waals surface area contributed by atoms with Crippen LogP contribution in [0, 0.1) is 11.3 Å². The first kappa shape index (κ1) is 12.4. The first-order chi connectivity index (χ1) is 7.77. The largest absolute Gasteiger partial charge is 0.490 e. The van der Waals surface area contributed by atoms with E-state index in [0.717, 1.165) is 12.2 Å². The van der Waals surface area contributed by atoms with Gasteiger partial charge < -0.3 is 9.47 Å². The standard InChI is InChI=1S/C13H17NO2/c1-3-10-15-12-6-4-5-7-13(12)16-11(2)8-9-14/h4-7,11H,3,8,10H2,1-2H3. The van der Waals surface area contributed by atoms with E-state index in [9.17, 15) is 0 Å². The van der Waals surface area contributed by atoms with Crippen molar-refractivity contribution in [3.63, 3.8) is 0 Å². The third kappa shape index (κ3) is 3.82. The van der Waals surface area contributed by atoms with E-state index in [4.69, 9.17) is 14.7 Å². The van der Waals surface area contributed by atoms with Crippen molar-refractivity contribution in [3.8, 4) is 17.6 Å². The number of para-hydroxylation sites is 2. The smallest absolute Gasteiger partial charge is 0.161 e. The highest BCUT2D eigenvalue weighted by molar-refractivity contribution is 5.39. The van der Waals surface area contributed by atoms with Gasteiger partial charge in [0.1, 0.15) is 6.10 Å².